The van der Waals surface area contributed by atoms with Crippen LogP contribution in [0.4, 0.5) is 9.59 Å². The van der Waals surface area contributed by atoms with Crippen LogP contribution in [0.25, 0.3) is 0 Å². The van der Waals surface area contributed by atoms with Gasteiger partial charge in [-0.2, -0.15) is 0 Å². The first-order valence-electron chi connectivity index (χ1n) is 16.5. The molecule has 0 spiro atoms. The Kier molecular flexibility index (Phi) is 7.82. The van der Waals surface area contributed by atoms with Crippen molar-refractivity contribution in [1.29, 1.82) is 0 Å². The van der Waals surface area contributed by atoms with Gasteiger partial charge in [0.2, 0.25) is 0 Å². The maximum absolute atomic E-state index is 14.2. The molecule has 6 aliphatic rings. The Morgan fingerprint density at radius 2 is 1.58 bits per heavy atom. The van der Waals surface area contributed by atoms with Crippen molar-refractivity contribution in [1.82, 2.24) is 16.0 Å². The van der Waals surface area contributed by atoms with Crippen molar-refractivity contribution >= 4 is 29.7 Å². The predicted octanol–water partition coefficient (Wildman–Crippen LogP) is 4.23. The van der Waals surface area contributed by atoms with Gasteiger partial charge in [-0.25, -0.2) is 9.59 Å². The van der Waals surface area contributed by atoms with Crippen LogP contribution >= 0.6 is 0 Å². The Balaban J connectivity index is 0.000000309. The molecule has 0 aromatic carbocycles. The SMILES string of the molecule is CC1(C)C2CC[C@]3(C)[C@H](C(=O)C=C4[C@H]5C[C@](C)(C(=O)O)CC[C@]5(C)CC[C@]43C)[C@@]2(C)CC[C@@H]1O.NC(=O)NC1NC(=O)NC1=O. The number of hydrogen-bond acceptors (Lipinski definition) is 6. The fourth-order valence-electron chi connectivity index (χ4n) is 11.0. The summed E-state index contributed by atoms with van der Waals surface area (Å²) in [6.07, 6.45) is 8.91. The molecule has 45 heavy (non-hydrogen) atoms. The number of allylic oxidation sites excluding steroid dienone is 2. The quantitative estimate of drug-likeness (QED) is 0.247. The number of aliphatic carboxylic acids is 1. The normalized spacial score (nSPS) is 46.4. The second-order valence-electron chi connectivity index (χ2n) is 16.8. The molecule has 11 heteroatoms. The van der Waals surface area contributed by atoms with E-state index in [1.54, 1.807) is 0 Å². The molecule has 10 atom stereocenters. The fraction of sp³-hybridized carbons (Fsp3) is 0.794. The number of imide groups is 1. The summed E-state index contributed by atoms with van der Waals surface area (Å²) >= 11 is 0. The zero-order chi connectivity index (χ0) is 33.5. The van der Waals surface area contributed by atoms with E-state index in [-0.39, 0.29) is 50.8 Å². The highest BCUT2D eigenvalue weighted by Crippen LogP contribution is 2.75. The van der Waals surface area contributed by atoms with Gasteiger partial charge in [-0.15, -0.1) is 0 Å². The van der Waals surface area contributed by atoms with Crippen molar-refractivity contribution in [3.8, 4) is 0 Å². The Bertz CT molecular complexity index is 1360. The Morgan fingerprint density at radius 1 is 0.933 bits per heavy atom. The van der Waals surface area contributed by atoms with E-state index < -0.39 is 35.5 Å². The molecule has 6 rings (SSSR count). The molecule has 0 aromatic rings. The lowest BCUT2D eigenvalue weighted by Gasteiger charge is -2.70. The molecular formula is C34H52N4O7. The first kappa shape index (κ1) is 33.4. The molecular weight excluding hydrogens is 576 g/mol. The summed E-state index contributed by atoms with van der Waals surface area (Å²) in [4.78, 5) is 57.7. The summed E-state index contributed by atoms with van der Waals surface area (Å²) in [7, 11) is 0. The van der Waals surface area contributed by atoms with E-state index in [0.717, 1.165) is 51.4 Å². The van der Waals surface area contributed by atoms with E-state index in [1.165, 1.54) is 5.57 Å². The zero-order valence-electron chi connectivity index (χ0n) is 27.8. The van der Waals surface area contributed by atoms with Gasteiger partial charge in [-0.3, -0.25) is 19.7 Å². The van der Waals surface area contributed by atoms with Crippen molar-refractivity contribution in [2.24, 2.45) is 56.0 Å². The number of rotatable bonds is 2. The maximum Gasteiger partial charge on any atom is 0.323 e. The number of hydrogen-bond donors (Lipinski definition) is 6. The second-order valence-corrected chi connectivity index (χ2v) is 16.8. The number of fused-ring (bicyclic) bond motifs is 7. The third-order valence-corrected chi connectivity index (χ3v) is 14.1. The van der Waals surface area contributed by atoms with E-state index in [0.29, 0.717) is 12.3 Å². The van der Waals surface area contributed by atoms with Gasteiger partial charge in [0.05, 0.1) is 11.5 Å². The molecule has 1 aliphatic heterocycles. The number of ketones is 1. The van der Waals surface area contributed by atoms with Crippen molar-refractivity contribution in [2.75, 3.05) is 0 Å². The van der Waals surface area contributed by atoms with E-state index in [4.69, 9.17) is 5.73 Å². The highest BCUT2D eigenvalue weighted by molar-refractivity contribution is 6.05. The van der Waals surface area contributed by atoms with Crippen LogP contribution in [0.1, 0.15) is 106 Å². The molecule has 4 saturated carbocycles. The molecule has 5 amide bonds. The first-order valence-corrected chi connectivity index (χ1v) is 16.5. The number of primary amides is 1. The van der Waals surface area contributed by atoms with Gasteiger partial charge in [0.25, 0.3) is 5.91 Å². The molecule has 5 fully saturated rings. The highest BCUT2D eigenvalue weighted by Gasteiger charge is 2.70. The number of nitrogens with two attached hydrogens (primary N) is 1. The zero-order valence-corrected chi connectivity index (χ0v) is 27.8. The van der Waals surface area contributed by atoms with Crippen LogP contribution in [0.3, 0.4) is 0 Å². The monoisotopic (exact) mass is 628 g/mol. The summed E-state index contributed by atoms with van der Waals surface area (Å²) < 4.78 is 0. The molecule has 11 nitrogen and oxygen atoms in total. The van der Waals surface area contributed by atoms with Gasteiger partial charge in [-0.1, -0.05) is 47.1 Å². The second kappa shape index (κ2) is 10.5. The molecule has 1 saturated heterocycles. The summed E-state index contributed by atoms with van der Waals surface area (Å²) in [5.41, 5.74) is 4.84. The number of urea groups is 2. The smallest absolute Gasteiger partial charge is 0.323 e. The number of nitrogens with one attached hydrogen (secondary N) is 3. The van der Waals surface area contributed by atoms with Gasteiger partial charge >= 0.3 is 18.0 Å². The van der Waals surface area contributed by atoms with Crippen LogP contribution in [-0.4, -0.2) is 52.2 Å². The van der Waals surface area contributed by atoms with Crippen LogP contribution in [0.15, 0.2) is 11.6 Å². The number of carbonyl (C=O) groups excluding carboxylic acids is 4. The molecule has 250 valence electrons. The minimum Gasteiger partial charge on any atom is -0.481 e. The largest absolute Gasteiger partial charge is 0.481 e. The van der Waals surface area contributed by atoms with Gasteiger partial charge in [0, 0.05) is 5.92 Å². The van der Waals surface area contributed by atoms with Crippen molar-refractivity contribution in [2.45, 2.75) is 119 Å². The number of carboxylic acids is 1. The Labute approximate surface area is 265 Å². The average molecular weight is 629 g/mol. The van der Waals surface area contributed by atoms with Crippen LogP contribution < -0.4 is 21.7 Å². The van der Waals surface area contributed by atoms with Gasteiger partial charge in [0.15, 0.2) is 11.9 Å². The first-order chi connectivity index (χ1) is 20.6. The molecule has 7 N–H and O–H groups in total. The molecule has 5 aliphatic carbocycles. The van der Waals surface area contributed by atoms with E-state index in [9.17, 15) is 34.2 Å². The van der Waals surface area contributed by atoms with Crippen molar-refractivity contribution in [3.63, 3.8) is 0 Å². The van der Waals surface area contributed by atoms with Crippen LogP contribution in [-0.2, 0) is 14.4 Å². The average Bonchev–Trinajstić information content (AvgIpc) is 3.24. The van der Waals surface area contributed by atoms with Gasteiger partial charge in [0.1, 0.15) is 0 Å². The summed E-state index contributed by atoms with van der Waals surface area (Å²) in [5, 5.41) is 27.0. The molecule has 0 radical (unpaired) electrons. The van der Waals surface area contributed by atoms with E-state index in [1.807, 2.05) is 23.6 Å². The number of aliphatic hydroxyl groups is 1. The van der Waals surface area contributed by atoms with Crippen molar-refractivity contribution < 1.29 is 34.2 Å². The molecule has 1 heterocycles. The Hall–Kier alpha value is -2.95. The lowest BCUT2D eigenvalue weighted by Crippen LogP contribution is -2.66. The number of carboxylic acid groups (broad SMARTS) is 1. The number of amides is 5. The van der Waals surface area contributed by atoms with Crippen LogP contribution in [0.2, 0.25) is 0 Å². The lowest BCUT2D eigenvalue weighted by atomic mass is 9.33. The topological polar surface area (TPSA) is 188 Å². The summed E-state index contributed by atoms with van der Waals surface area (Å²) in [5.74, 6) is -0.557. The minimum atomic E-state index is -1.04. The van der Waals surface area contributed by atoms with Crippen LogP contribution in [0, 0.1) is 50.2 Å². The molecule has 0 bridgehead atoms. The van der Waals surface area contributed by atoms with Gasteiger partial charge in [-0.05, 0) is 110 Å². The summed E-state index contributed by atoms with van der Waals surface area (Å²) in [6, 6.07) is -1.51. The van der Waals surface area contributed by atoms with Crippen molar-refractivity contribution in [3.05, 3.63) is 11.6 Å². The molecule has 0 aromatic heterocycles. The standard InChI is InChI=1S/C30H46O4.C4H6N4O3/c1-25(2)21-8-11-30(7)23(28(21,5)10-9-22(25)32)20(31)16-18-19-17-27(4,24(33)34)13-12-26(19,3)14-15-29(18,30)6;5-3(10)6-1-2(9)8-4(11)7-1/h16,19,21-23,32H,8-15,17H2,1-7H3,(H,33,34);1H,(H3,5,6,10)(H2,7,8,9,11)/t19-,21?,22+,23-,26-,27-,28+,29-,30-;/m1./s1. The third-order valence-electron chi connectivity index (χ3n) is 14.1. The lowest BCUT2D eigenvalue weighted by molar-refractivity contribution is -0.202. The number of aliphatic hydroxyl groups excluding tert-OH is 1. The van der Waals surface area contributed by atoms with Gasteiger partial charge < -0.3 is 26.6 Å². The van der Waals surface area contributed by atoms with E-state index in [2.05, 4.69) is 46.9 Å². The molecule has 2 unspecified atom stereocenters. The predicted molar refractivity (Wildman–Crippen MR) is 166 cm³/mol. The highest BCUT2D eigenvalue weighted by atomic mass is 16.4. The Morgan fingerprint density at radius 3 is 2.16 bits per heavy atom. The van der Waals surface area contributed by atoms with Crippen LogP contribution in [0.5, 0.6) is 0 Å². The fourth-order valence-corrected chi connectivity index (χ4v) is 11.0. The minimum absolute atomic E-state index is 0.0296. The third kappa shape index (κ3) is 4.90. The number of carbonyl (C=O) groups is 5. The van der Waals surface area contributed by atoms with E-state index >= 15 is 0 Å². The summed E-state index contributed by atoms with van der Waals surface area (Å²) in [6.45, 7) is 15.8. The maximum atomic E-state index is 14.2.